The largest absolute Gasteiger partial charge is 0.497 e. The molecule has 1 atom stereocenters. The molecule has 1 aliphatic carbocycles. The van der Waals surface area contributed by atoms with Crippen LogP contribution in [0.5, 0.6) is 5.75 Å². The van der Waals surface area contributed by atoms with E-state index in [0.29, 0.717) is 6.54 Å². The standard InChI is InChI=1S/C24H30N2O2/c1-28-21-9-5-8-19(16-21)10-13-25-23(27)22-17-24(22)11-14-26(15-12-24)18-20-6-3-2-4-7-20/h2-9,16,22H,10-15,17-18H2,1H3,(H,25,27)/t22-/m0/s1. The molecule has 4 rings (SSSR count). The zero-order chi connectivity index (χ0) is 19.4. The maximum absolute atomic E-state index is 12.6. The first-order valence-corrected chi connectivity index (χ1v) is 10.4. The van der Waals surface area contributed by atoms with Gasteiger partial charge in [0.15, 0.2) is 0 Å². The molecule has 2 fully saturated rings. The summed E-state index contributed by atoms with van der Waals surface area (Å²) in [6.07, 6.45) is 4.20. The van der Waals surface area contributed by atoms with Crippen LogP contribution in [0.25, 0.3) is 0 Å². The highest BCUT2D eigenvalue weighted by Crippen LogP contribution is 2.59. The van der Waals surface area contributed by atoms with Crippen molar-refractivity contribution in [3.8, 4) is 5.75 Å². The van der Waals surface area contributed by atoms with Crippen molar-refractivity contribution in [3.63, 3.8) is 0 Å². The molecule has 1 saturated carbocycles. The quantitative estimate of drug-likeness (QED) is 0.800. The molecule has 1 spiro atoms. The van der Waals surface area contributed by atoms with Gasteiger partial charge in [-0.05, 0) is 67.4 Å². The van der Waals surface area contributed by atoms with Gasteiger partial charge in [0, 0.05) is 19.0 Å². The van der Waals surface area contributed by atoms with Crippen LogP contribution < -0.4 is 10.1 Å². The molecule has 1 N–H and O–H groups in total. The Balaban J connectivity index is 1.20. The van der Waals surface area contributed by atoms with Crippen LogP contribution in [0.1, 0.15) is 30.4 Å². The monoisotopic (exact) mass is 378 g/mol. The lowest BCUT2D eigenvalue weighted by atomic mass is 9.90. The minimum Gasteiger partial charge on any atom is -0.497 e. The van der Waals surface area contributed by atoms with Crippen LogP contribution in [-0.2, 0) is 17.8 Å². The summed E-state index contributed by atoms with van der Waals surface area (Å²) < 4.78 is 5.26. The molecule has 1 heterocycles. The normalized spacial score (nSPS) is 20.7. The number of likely N-dealkylation sites (tertiary alicyclic amines) is 1. The molecular formula is C24H30N2O2. The van der Waals surface area contributed by atoms with E-state index in [4.69, 9.17) is 4.74 Å². The van der Waals surface area contributed by atoms with E-state index in [1.54, 1.807) is 7.11 Å². The first-order chi connectivity index (χ1) is 13.7. The van der Waals surface area contributed by atoms with Gasteiger partial charge in [0.05, 0.1) is 7.11 Å². The summed E-state index contributed by atoms with van der Waals surface area (Å²) in [6, 6.07) is 18.7. The Bertz CT molecular complexity index is 797. The van der Waals surface area contributed by atoms with Gasteiger partial charge >= 0.3 is 0 Å². The summed E-state index contributed by atoms with van der Waals surface area (Å²) in [7, 11) is 1.68. The number of nitrogens with zero attached hydrogens (tertiary/aromatic N) is 1. The van der Waals surface area contributed by atoms with Crippen LogP contribution >= 0.6 is 0 Å². The fourth-order valence-electron chi connectivity index (χ4n) is 4.55. The van der Waals surface area contributed by atoms with Gasteiger partial charge in [-0.3, -0.25) is 9.69 Å². The Kier molecular flexibility index (Phi) is 5.67. The lowest BCUT2D eigenvalue weighted by Gasteiger charge is -2.32. The topological polar surface area (TPSA) is 41.6 Å². The van der Waals surface area contributed by atoms with Crippen molar-refractivity contribution in [1.29, 1.82) is 0 Å². The van der Waals surface area contributed by atoms with E-state index in [0.717, 1.165) is 51.1 Å². The summed E-state index contributed by atoms with van der Waals surface area (Å²) in [5.74, 6) is 1.34. The van der Waals surface area contributed by atoms with Gasteiger partial charge in [0.25, 0.3) is 0 Å². The van der Waals surface area contributed by atoms with Gasteiger partial charge in [0.2, 0.25) is 5.91 Å². The number of ether oxygens (including phenoxy) is 1. The average molecular weight is 379 g/mol. The van der Waals surface area contributed by atoms with E-state index in [9.17, 15) is 4.79 Å². The SMILES string of the molecule is COc1cccc(CCNC(=O)[C@@H]2CC23CCN(Cc2ccccc2)CC3)c1. The summed E-state index contributed by atoms with van der Waals surface area (Å²) in [5, 5.41) is 3.16. The number of carbonyl (C=O) groups excluding carboxylic acids is 1. The molecule has 28 heavy (non-hydrogen) atoms. The summed E-state index contributed by atoms with van der Waals surface area (Å²) >= 11 is 0. The highest BCUT2D eigenvalue weighted by atomic mass is 16.5. The summed E-state index contributed by atoms with van der Waals surface area (Å²) in [5.41, 5.74) is 2.84. The Morgan fingerprint density at radius 2 is 1.86 bits per heavy atom. The summed E-state index contributed by atoms with van der Waals surface area (Å²) in [6.45, 7) is 3.91. The van der Waals surface area contributed by atoms with Gasteiger partial charge < -0.3 is 10.1 Å². The predicted molar refractivity (Wildman–Crippen MR) is 111 cm³/mol. The van der Waals surface area contributed by atoms with Crippen LogP contribution in [0.2, 0.25) is 0 Å². The molecule has 1 aliphatic heterocycles. The number of amides is 1. The van der Waals surface area contributed by atoms with Crippen molar-refractivity contribution in [2.75, 3.05) is 26.7 Å². The van der Waals surface area contributed by atoms with Crippen molar-refractivity contribution in [2.24, 2.45) is 11.3 Å². The highest BCUT2D eigenvalue weighted by molar-refractivity contribution is 5.82. The van der Waals surface area contributed by atoms with E-state index in [-0.39, 0.29) is 17.2 Å². The third-order valence-corrected chi connectivity index (χ3v) is 6.45. The Morgan fingerprint density at radius 1 is 1.11 bits per heavy atom. The molecule has 0 bridgehead atoms. The van der Waals surface area contributed by atoms with Crippen molar-refractivity contribution < 1.29 is 9.53 Å². The maximum atomic E-state index is 12.6. The first-order valence-electron chi connectivity index (χ1n) is 10.4. The molecule has 4 heteroatoms. The molecule has 2 aromatic rings. The molecule has 0 radical (unpaired) electrons. The number of rotatable bonds is 7. The zero-order valence-corrected chi connectivity index (χ0v) is 16.7. The van der Waals surface area contributed by atoms with Crippen LogP contribution in [0.15, 0.2) is 54.6 Å². The molecule has 1 amide bonds. The van der Waals surface area contributed by atoms with Crippen molar-refractivity contribution in [2.45, 2.75) is 32.2 Å². The van der Waals surface area contributed by atoms with Gasteiger partial charge in [0.1, 0.15) is 5.75 Å². The number of hydrogen-bond donors (Lipinski definition) is 1. The van der Waals surface area contributed by atoms with Crippen molar-refractivity contribution >= 4 is 5.91 Å². The van der Waals surface area contributed by atoms with Crippen LogP contribution in [0, 0.1) is 11.3 Å². The van der Waals surface area contributed by atoms with Crippen LogP contribution in [0.3, 0.4) is 0 Å². The lowest BCUT2D eigenvalue weighted by molar-refractivity contribution is -0.123. The van der Waals surface area contributed by atoms with E-state index in [2.05, 4.69) is 46.6 Å². The van der Waals surface area contributed by atoms with Gasteiger partial charge in [-0.25, -0.2) is 0 Å². The smallest absolute Gasteiger partial charge is 0.223 e. The number of piperidine rings is 1. The number of hydrogen-bond acceptors (Lipinski definition) is 3. The molecule has 148 valence electrons. The number of carbonyl (C=O) groups is 1. The number of benzene rings is 2. The Hall–Kier alpha value is -2.33. The third kappa shape index (κ3) is 4.39. The molecule has 2 aliphatic rings. The fourth-order valence-corrected chi connectivity index (χ4v) is 4.55. The van der Waals surface area contributed by atoms with E-state index in [1.807, 2.05) is 18.2 Å². The van der Waals surface area contributed by atoms with E-state index in [1.165, 1.54) is 11.1 Å². The third-order valence-electron chi connectivity index (χ3n) is 6.45. The second kappa shape index (κ2) is 8.36. The molecule has 4 nitrogen and oxygen atoms in total. The average Bonchev–Trinajstić information content (AvgIpc) is 3.44. The zero-order valence-electron chi connectivity index (χ0n) is 16.7. The molecule has 2 aromatic carbocycles. The fraction of sp³-hybridized carbons (Fsp3) is 0.458. The minimum atomic E-state index is 0.219. The summed E-state index contributed by atoms with van der Waals surface area (Å²) in [4.78, 5) is 15.1. The van der Waals surface area contributed by atoms with Gasteiger partial charge in [-0.1, -0.05) is 42.5 Å². The second-order valence-electron chi connectivity index (χ2n) is 8.27. The predicted octanol–water partition coefficient (Wildman–Crippen LogP) is 3.66. The lowest BCUT2D eigenvalue weighted by Crippen LogP contribution is -2.37. The molecule has 1 saturated heterocycles. The highest BCUT2D eigenvalue weighted by Gasteiger charge is 2.58. The van der Waals surface area contributed by atoms with Gasteiger partial charge in [-0.15, -0.1) is 0 Å². The molecule has 0 unspecified atom stereocenters. The van der Waals surface area contributed by atoms with Crippen LogP contribution in [0.4, 0.5) is 0 Å². The number of nitrogens with one attached hydrogen (secondary N) is 1. The Morgan fingerprint density at radius 3 is 2.61 bits per heavy atom. The Labute approximate surface area is 167 Å². The van der Waals surface area contributed by atoms with Crippen molar-refractivity contribution in [1.82, 2.24) is 10.2 Å². The maximum Gasteiger partial charge on any atom is 0.223 e. The molecule has 0 aromatic heterocycles. The van der Waals surface area contributed by atoms with Crippen LogP contribution in [-0.4, -0.2) is 37.6 Å². The first kappa shape index (κ1) is 19.0. The van der Waals surface area contributed by atoms with E-state index < -0.39 is 0 Å². The van der Waals surface area contributed by atoms with E-state index >= 15 is 0 Å². The van der Waals surface area contributed by atoms with Crippen molar-refractivity contribution in [3.05, 3.63) is 65.7 Å². The molecular weight excluding hydrogens is 348 g/mol. The number of methoxy groups -OCH3 is 1. The second-order valence-corrected chi connectivity index (χ2v) is 8.27. The van der Waals surface area contributed by atoms with Gasteiger partial charge in [-0.2, -0.15) is 0 Å². The minimum absolute atomic E-state index is 0.219.